The first-order chi connectivity index (χ1) is 12.3. The van der Waals surface area contributed by atoms with E-state index >= 15 is 0 Å². The number of amides is 1. The Hall–Kier alpha value is -1.92. The van der Waals surface area contributed by atoms with Gasteiger partial charge in [-0.1, -0.05) is 38.1 Å². The van der Waals surface area contributed by atoms with Crippen molar-refractivity contribution in [2.45, 2.75) is 65.0 Å². The molecule has 1 heterocycles. The van der Waals surface area contributed by atoms with E-state index in [2.05, 4.69) is 36.2 Å². The molecule has 0 radical (unpaired) electrons. The fourth-order valence-corrected chi connectivity index (χ4v) is 3.23. The lowest BCUT2D eigenvalue weighted by molar-refractivity contribution is 0.0926. The van der Waals surface area contributed by atoms with Gasteiger partial charge in [0.1, 0.15) is 0 Å². The van der Waals surface area contributed by atoms with Crippen molar-refractivity contribution in [3.05, 3.63) is 35.7 Å². The highest BCUT2D eigenvalue weighted by molar-refractivity contribution is 5.95. The van der Waals surface area contributed by atoms with E-state index in [-0.39, 0.29) is 35.8 Å². The molecule has 148 valence electrons. The van der Waals surface area contributed by atoms with Gasteiger partial charge < -0.3 is 15.6 Å². The first kappa shape index (κ1) is 21.4. The van der Waals surface area contributed by atoms with E-state index in [4.69, 9.17) is 10.3 Å². The normalized spacial score (nSPS) is 20.0. The molecule has 6 nitrogen and oxygen atoms in total. The van der Waals surface area contributed by atoms with E-state index in [1.54, 1.807) is 0 Å². The number of benzene rings is 1. The van der Waals surface area contributed by atoms with Crippen LogP contribution in [0.5, 0.6) is 0 Å². The van der Waals surface area contributed by atoms with Crippen LogP contribution in [-0.2, 0) is 6.42 Å². The molecule has 0 bridgehead atoms. The van der Waals surface area contributed by atoms with Gasteiger partial charge in [-0.15, -0.1) is 12.4 Å². The second kappa shape index (κ2) is 8.85. The van der Waals surface area contributed by atoms with Crippen molar-refractivity contribution < 1.29 is 9.32 Å². The molecular weight excluding hydrogens is 364 g/mol. The molecule has 27 heavy (non-hydrogen) atoms. The summed E-state index contributed by atoms with van der Waals surface area (Å²) >= 11 is 0. The van der Waals surface area contributed by atoms with Crippen LogP contribution in [0.25, 0.3) is 11.4 Å². The SMILES string of the molecule is CC(C)(C)Cc1nc(-c2cccc(C(=O)NC3CCC(N)CC3)c2)no1.Cl. The van der Waals surface area contributed by atoms with E-state index in [1.807, 2.05) is 24.3 Å². The third-order valence-corrected chi connectivity index (χ3v) is 4.64. The largest absolute Gasteiger partial charge is 0.349 e. The Morgan fingerprint density at radius 2 is 1.96 bits per heavy atom. The third kappa shape index (κ3) is 6.04. The molecule has 0 spiro atoms. The van der Waals surface area contributed by atoms with Crippen molar-refractivity contribution in [2.75, 3.05) is 0 Å². The van der Waals surface area contributed by atoms with Crippen LogP contribution in [0.2, 0.25) is 0 Å². The van der Waals surface area contributed by atoms with Gasteiger partial charge in [-0.2, -0.15) is 4.98 Å². The molecule has 1 aliphatic rings. The van der Waals surface area contributed by atoms with Crippen molar-refractivity contribution in [2.24, 2.45) is 11.1 Å². The monoisotopic (exact) mass is 392 g/mol. The lowest BCUT2D eigenvalue weighted by Crippen LogP contribution is -2.40. The summed E-state index contributed by atoms with van der Waals surface area (Å²) in [6.07, 6.45) is 4.51. The molecule has 1 aromatic heterocycles. The number of rotatable bonds is 4. The van der Waals surface area contributed by atoms with Crippen LogP contribution in [0.15, 0.2) is 28.8 Å². The highest BCUT2D eigenvalue weighted by Gasteiger charge is 2.21. The van der Waals surface area contributed by atoms with Gasteiger partial charge in [0.2, 0.25) is 11.7 Å². The van der Waals surface area contributed by atoms with Crippen molar-refractivity contribution in [1.82, 2.24) is 15.5 Å². The van der Waals surface area contributed by atoms with E-state index in [1.165, 1.54) is 0 Å². The Balaban J connectivity index is 0.00000261. The molecule has 7 heteroatoms. The molecule has 1 aromatic carbocycles. The molecular formula is C20H29ClN4O2. The van der Waals surface area contributed by atoms with Crippen LogP contribution in [0, 0.1) is 5.41 Å². The van der Waals surface area contributed by atoms with Crippen molar-refractivity contribution in [3.63, 3.8) is 0 Å². The van der Waals surface area contributed by atoms with E-state index in [0.29, 0.717) is 23.7 Å². The highest BCUT2D eigenvalue weighted by Crippen LogP contribution is 2.23. The minimum absolute atomic E-state index is 0. The Morgan fingerprint density at radius 3 is 2.63 bits per heavy atom. The zero-order chi connectivity index (χ0) is 18.7. The molecule has 3 N–H and O–H groups in total. The number of halogens is 1. The number of nitrogens with zero attached hydrogens (tertiary/aromatic N) is 2. The molecule has 1 fully saturated rings. The van der Waals surface area contributed by atoms with Gasteiger partial charge >= 0.3 is 0 Å². The molecule has 3 rings (SSSR count). The molecule has 0 atom stereocenters. The molecule has 2 aromatic rings. The lowest BCUT2D eigenvalue weighted by atomic mass is 9.91. The zero-order valence-corrected chi connectivity index (χ0v) is 17.0. The zero-order valence-electron chi connectivity index (χ0n) is 16.2. The van der Waals surface area contributed by atoms with Gasteiger partial charge in [0.05, 0.1) is 0 Å². The number of hydrogen-bond donors (Lipinski definition) is 2. The summed E-state index contributed by atoms with van der Waals surface area (Å²) in [5, 5.41) is 7.18. The molecule has 0 saturated heterocycles. The minimum atomic E-state index is -0.0641. The summed E-state index contributed by atoms with van der Waals surface area (Å²) in [5.74, 6) is 1.06. The number of nitrogens with two attached hydrogens (primary N) is 1. The summed E-state index contributed by atoms with van der Waals surface area (Å²) in [5.41, 5.74) is 7.40. The number of carbonyl (C=O) groups is 1. The highest BCUT2D eigenvalue weighted by atomic mass is 35.5. The fourth-order valence-electron chi connectivity index (χ4n) is 3.23. The summed E-state index contributed by atoms with van der Waals surface area (Å²) in [6, 6.07) is 7.84. The van der Waals surface area contributed by atoms with Gasteiger partial charge in [0.15, 0.2) is 0 Å². The first-order valence-electron chi connectivity index (χ1n) is 9.30. The van der Waals surface area contributed by atoms with Crippen molar-refractivity contribution >= 4 is 18.3 Å². The molecule has 1 aliphatic carbocycles. The molecule has 1 saturated carbocycles. The second-order valence-corrected chi connectivity index (χ2v) is 8.42. The predicted molar refractivity (Wildman–Crippen MR) is 108 cm³/mol. The van der Waals surface area contributed by atoms with Gasteiger partial charge in [-0.05, 0) is 43.2 Å². The Labute approximate surface area is 166 Å². The number of carbonyl (C=O) groups excluding carboxylic acids is 1. The maximum Gasteiger partial charge on any atom is 0.251 e. The van der Waals surface area contributed by atoms with Crippen molar-refractivity contribution in [3.8, 4) is 11.4 Å². The molecule has 1 amide bonds. The first-order valence-corrected chi connectivity index (χ1v) is 9.30. The standard InChI is InChI=1S/C20H28N4O2.ClH/c1-20(2,3)12-17-23-18(24-26-17)13-5-4-6-14(11-13)19(25)22-16-9-7-15(21)8-10-16;/h4-6,11,15-16H,7-10,12,21H2,1-3H3,(H,22,25);1H. The number of aromatic nitrogens is 2. The number of nitrogens with one attached hydrogen (secondary N) is 1. The second-order valence-electron chi connectivity index (χ2n) is 8.42. The molecule has 0 unspecified atom stereocenters. The van der Waals surface area contributed by atoms with Crippen LogP contribution in [0.4, 0.5) is 0 Å². The topological polar surface area (TPSA) is 94.0 Å². The van der Waals surface area contributed by atoms with E-state index in [0.717, 1.165) is 31.2 Å². The Bertz CT molecular complexity index is 761. The van der Waals surface area contributed by atoms with Gasteiger partial charge in [-0.25, -0.2) is 0 Å². The quantitative estimate of drug-likeness (QED) is 0.826. The van der Waals surface area contributed by atoms with Crippen LogP contribution < -0.4 is 11.1 Å². The average molecular weight is 393 g/mol. The lowest BCUT2D eigenvalue weighted by Gasteiger charge is -2.26. The van der Waals surface area contributed by atoms with Crippen LogP contribution in [0.3, 0.4) is 0 Å². The maximum atomic E-state index is 12.6. The maximum absolute atomic E-state index is 12.6. The van der Waals surface area contributed by atoms with Gasteiger partial charge in [-0.3, -0.25) is 4.79 Å². The Morgan fingerprint density at radius 1 is 1.26 bits per heavy atom. The van der Waals surface area contributed by atoms with Crippen molar-refractivity contribution in [1.29, 1.82) is 0 Å². The van der Waals surface area contributed by atoms with E-state index in [9.17, 15) is 4.79 Å². The van der Waals surface area contributed by atoms with Crippen LogP contribution in [-0.4, -0.2) is 28.1 Å². The minimum Gasteiger partial charge on any atom is -0.349 e. The van der Waals surface area contributed by atoms with Crippen LogP contribution >= 0.6 is 12.4 Å². The summed E-state index contributed by atoms with van der Waals surface area (Å²) in [6.45, 7) is 6.37. The van der Waals surface area contributed by atoms with Gasteiger partial charge in [0, 0.05) is 29.6 Å². The summed E-state index contributed by atoms with van der Waals surface area (Å²) in [4.78, 5) is 17.0. The summed E-state index contributed by atoms with van der Waals surface area (Å²) in [7, 11) is 0. The van der Waals surface area contributed by atoms with E-state index < -0.39 is 0 Å². The third-order valence-electron chi connectivity index (χ3n) is 4.64. The summed E-state index contributed by atoms with van der Waals surface area (Å²) < 4.78 is 5.35. The Kier molecular flexibility index (Phi) is 7.00. The fraction of sp³-hybridized carbons (Fsp3) is 0.550. The smallest absolute Gasteiger partial charge is 0.251 e. The predicted octanol–water partition coefficient (Wildman–Crippen LogP) is 3.75. The average Bonchev–Trinajstić information content (AvgIpc) is 3.03. The number of hydrogen-bond acceptors (Lipinski definition) is 5. The van der Waals surface area contributed by atoms with Crippen LogP contribution in [0.1, 0.15) is 62.7 Å². The molecule has 0 aliphatic heterocycles. The van der Waals surface area contributed by atoms with Gasteiger partial charge in [0.25, 0.3) is 5.91 Å².